The van der Waals surface area contributed by atoms with E-state index >= 15 is 0 Å². The summed E-state index contributed by atoms with van der Waals surface area (Å²) in [4.78, 5) is 28.2. The lowest BCUT2D eigenvalue weighted by atomic mass is 9.94. The van der Waals surface area contributed by atoms with Crippen molar-refractivity contribution in [1.82, 2.24) is 9.80 Å². The molecule has 136 valence electrons. The molecule has 2 aliphatic heterocycles. The highest BCUT2D eigenvalue weighted by atomic mass is 16.5. The third kappa shape index (κ3) is 4.21. The number of aryl methyl sites for hydroxylation is 1. The Hall–Kier alpha value is -1.88. The molecule has 2 aliphatic rings. The van der Waals surface area contributed by atoms with Gasteiger partial charge in [-0.3, -0.25) is 9.59 Å². The predicted octanol–water partition coefficient (Wildman–Crippen LogP) is 2.37. The van der Waals surface area contributed by atoms with Crippen LogP contribution in [0, 0.1) is 12.8 Å². The van der Waals surface area contributed by atoms with Crippen LogP contribution in [0.2, 0.25) is 0 Å². The minimum atomic E-state index is -0.0402. The zero-order valence-corrected chi connectivity index (χ0v) is 15.2. The molecule has 5 nitrogen and oxygen atoms in total. The Morgan fingerprint density at radius 2 is 1.92 bits per heavy atom. The van der Waals surface area contributed by atoms with Crippen molar-refractivity contribution in [2.24, 2.45) is 5.92 Å². The van der Waals surface area contributed by atoms with Gasteiger partial charge in [0.15, 0.2) is 0 Å². The van der Waals surface area contributed by atoms with Crippen molar-refractivity contribution < 1.29 is 14.3 Å². The van der Waals surface area contributed by atoms with E-state index in [-0.39, 0.29) is 23.8 Å². The number of carbonyl (C=O) groups is 2. The maximum absolute atomic E-state index is 12.6. The minimum absolute atomic E-state index is 0.0402. The van der Waals surface area contributed by atoms with Crippen LogP contribution in [-0.2, 0) is 20.9 Å². The van der Waals surface area contributed by atoms with E-state index in [2.05, 4.69) is 19.1 Å². The Kier molecular flexibility index (Phi) is 5.74. The van der Waals surface area contributed by atoms with Gasteiger partial charge in [0.25, 0.3) is 0 Å². The maximum Gasteiger partial charge on any atom is 0.227 e. The summed E-state index contributed by atoms with van der Waals surface area (Å²) in [6.07, 6.45) is 2.45. The quantitative estimate of drug-likeness (QED) is 0.824. The molecular weight excluding hydrogens is 316 g/mol. The number of rotatable bonds is 5. The molecule has 2 heterocycles. The van der Waals surface area contributed by atoms with Crippen LogP contribution in [0.25, 0.3) is 0 Å². The molecule has 0 aromatic heterocycles. The van der Waals surface area contributed by atoms with E-state index in [4.69, 9.17) is 4.74 Å². The van der Waals surface area contributed by atoms with Crippen molar-refractivity contribution in [2.75, 3.05) is 26.2 Å². The smallest absolute Gasteiger partial charge is 0.227 e. The Balaban J connectivity index is 1.43. The number of amides is 2. The Labute approximate surface area is 149 Å². The molecule has 2 saturated heterocycles. The van der Waals surface area contributed by atoms with E-state index in [1.54, 1.807) is 0 Å². The summed E-state index contributed by atoms with van der Waals surface area (Å²) in [6, 6.07) is 8.22. The van der Waals surface area contributed by atoms with Crippen molar-refractivity contribution >= 4 is 11.8 Å². The Morgan fingerprint density at radius 3 is 2.64 bits per heavy atom. The summed E-state index contributed by atoms with van der Waals surface area (Å²) in [5.41, 5.74) is 2.44. The van der Waals surface area contributed by atoms with Gasteiger partial charge in [-0.05, 0) is 30.9 Å². The average Bonchev–Trinajstić information content (AvgIpc) is 2.61. The van der Waals surface area contributed by atoms with Crippen LogP contribution in [0.5, 0.6) is 0 Å². The van der Waals surface area contributed by atoms with Gasteiger partial charge in [0.05, 0.1) is 18.6 Å². The largest absolute Gasteiger partial charge is 0.370 e. The second-order valence-corrected chi connectivity index (χ2v) is 7.14. The van der Waals surface area contributed by atoms with Crippen molar-refractivity contribution in [1.29, 1.82) is 0 Å². The molecule has 1 aromatic rings. The fraction of sp³-hybridized carbons (Fsp3) is 0.600. The van der Waals surface area contributed by atoms with Crippen molar-refractivity contribution in [3.63, 3.8) is 0 Å². The molecule has 0 spiro atoms. The fourth-order valence-corrected chi connectivity index (χ4v) is 3.59. The number of piperidine rings is 1. The summed E-state index contributed by atoms with van der Waals surface area (Å²) >= 11 is 0. The number of likely N-dealkylation sites (tertiary alicyclic amines) is 2. The maximum atomic E-state index is 12.6. The third-order valence-electron chi connectivity index (χ3n) is 5.32. The van der Waals surface area contributed by atoms with Gasteiger partial charge < -0.3 is 14.5 Å². The number of nitrogens with zero attached hydrogens (tertiary/aromatic N) is 2. The Bertz CT molecular complexity index is 625. The molecule has 0 bridgehead atoms. The van der Waals surface area contributed by atoms with Gasteiger partial charge in [0.1, 0.15) is 0 Å². The van der Waals surface area contributed by atoms with E-state index in [1.807, 2.05) is 28.9 Å². The molecule has 0 radical (unpaired) electrons. The molecule has 1 atom stereocenters. The fourth-order valence-electron chi connectivity index (χ4n) is 3.59. The minimum Gasteiger partial charge on any atom is -0.370 e. The molecule has 2 fully saturated rings. The summed E-state index contributed by atoms with van der Waals surface area (Å²) in [5, 5.41) is 0. The van der Waals surface area contributed by atoms with E-state index in [0.717, 1.165) is 19.4 Å². The van der Waals surface area contributed by atoms with Crippen LogP contribution in [0.15, 0.2) is 24.3 Å². The first-order valence-corrected chi connectivity index (χ1v) is 9.31. The molecule has 5 heteroatoms. The summed E-state index contributed by atoms with van der Waals surface area (Å²) in [5.74, 6) is 0.298. The van der Waals surface area contributed by atoms with E-state index in [0.29, 0.717) is 32.7 Å². The standard InChI is InChI=1S/C20H28N2O3/c1-3-19(23)21-10-6-9-16(11-21)20(24)22-12-18(13-22)25-14-17-8-5-4-7-15(17)2/h4-5,7-8,16,18H,3,6,9-14H2,1-2H3/t16-/m1/s1. The van der Waals surface area contributed by atoms with Crippen LogP contribution < -0.4 is 0 Å². The summed E-state index contributed by atoms with van der Waals surface area (Å²) in [6.45, 7) is 7.27. The lowest BCUT2D eigenvalue weighted by Crippen LogP contribution is -2.58. The van der Waals surface area contributed by atoms with E-state index in [9.17, 15) is 9.59 Å². The second kappa shape index (κ2) is 8.00. The number of hydrogen-bond donors (Lipinski definition) is 0. The first kappa shape index (κ1) is 17.9. The average molecular weight is 344 g/mol. The van der Waals surface area contributed by atoms with Gasteiger partial charge in [-0.25, -0.2) is 0 Å². The highest BCUT2D eigenvalue weighted by Crippen LogP contribution is 2.23. The van der Waals surface area contributed by atoms with Gasteiger partial charge in [0.2, 0.25) is 11.8 Å². The van der Waals surface area contributed by atoms with E-state index in [1.165, 1.54) is 11.1 Å². The van der Waals surface area contributed by atoms with Crippen LogP contribution in [0.4, 0.5) is 0 Å². The molecule has 1 aromatic carbocycles. The van der Waals surface area contributed by atoms with E-state index < -0.39 is 0 Å². The molecule has 25 heavy (non-hydrogen) atoms. The molecule has 0 saturated carbocycles. The molecule has 0 unspecified atom stereocenters. The van der Waals surface area contributed by atoms with Crippen LogP contribution in [0.3, 0.4) is 0 Å². The molecule has 0 aliphatic carbocycles. The number of hydrogen-bond acceptors (Lipinski definition) is 3. The lowest BCUT2D eigenvalue weighted by molar-refractivity contribution is -0.153. The van der Waals surface area contributed by atoms with Crippen LogP contribution >= 0.6 is 0 Å². The zero-order chi connectivity index (χ0) is 17.8. The first-order chi connectivity index (χ1) is 12.1. The second-order valence-electron chi connectivity index (χ2n) is 7.14. The summed E-state index contributed by atoms with van der Waals surface area (Å²) in [7, 11) is 0. The van der Waals surface area contributed by atoms with Gasteiger partial charge in [-0.15, -0.1) is 0 Å². The lowest BCUT2D eigenvalue weighted by Gasteiger charge is -2.42. The number of benzene rings is 1. The topological polar surface area (TPSA) is 49.9 Å². The monoisotopic (exact) mass is 344 g/mol. The number of ether oxygens (including phenoxy) is 1. The van der Waals surface area contributed by atoms with Gasteiger partial charge in [-0.2, -0.15) is 0 Å². The van der Waals surface area contributed by atoms with Crippen molar-refractivity contribution in [3.8, 4) is 0 Å². The predicted molar refractivity (Wildman–Crippen MR) is 95.9 cm³/mol. The molecule has 2 amide bonds. The highest BCUT2D eigenvalue weighted by molar-refractivity contribution is 5.82. The number of carbonyl (C=O) groups excluding carboxylic acids is 2. The Morgan fingerprint density at radius 1 is 1.16 bits per heavy atom. The first-order valence-electron chi connectivity index (χ1n) is 9.31. The highest BCUT2D eigenvalue weighted by Gasteiger charge is 2.37. The normalized spacial score (nSPS) is 21.1. The van der Waals surface area contributed by atoms with Crippen LogP contribution in [0.1, 0.15) is 37.3 Å². The summed E-state index contributed by atoms with van der Waals surface area (Å²) < 4.78 is 5.93. The molecule has 0 N–H and O–H groups in total. The van der Waals surface area contributed by atoms with Crippen molar-refractivity contribution in [2.45, 2.75) is 45.8 Å². The van der Waals surface area contributed by atoms with Gasteiger partial charge in [-0.1, -0.05) is 31.2 Å². The van der Waals surface area contributed by atoms with Gasteiger partial charge >= 0.3 is 0 Å². The third-order valence-corrected chi connectivity index (χ3v) is 5.32. The molecule has 3 rings (SSSR count). The van der Waals surface area contributed by atoms with Gasteiger partial charge in [0, 0.05) is 32.6 Å². The van der Waals surface area contributed by atoms with Crippen molar-refractivity contribution in [3.05, 3.63) is 35.4 Å². The zero-order valence-electron chi connectivity index (χ0n) is 15.2. The molecular formula is C20H28N2O3. The van der Waals surface area contributed by atoms with Crippen LogP contribution in [-0.4, -0.2) is 53.9 Å². The SMILES string of the molecule is CCC(=O)N1CCC[C@@H](C(=O)N2CC(OCc3ccccc3C)C2)C1.